The van der Waals surface area contributed by atoms with E-state index < -0.39 is 0 Å². The fourth-order valence-corrected chi connectivity index (χ4v) is 2.98. The average Bonchev–Trinajstić information content (AvgIpc) is 2.49. The number of halogens is 2. The maximum Gasteiger partial charge on any atom is 0.224 e. The molecule has 2 rings (SSSR count). The Morgan fingerprint density at radius 3 is 2.77 bits per heavy atom. The highest BCUT2D eigenvalue weighted by molar-refractivity contribution is 7.98. The van der Waals surface area contributed by atoms with Crippen LogP contribution < -0.4 is 5.32 Å². The Labute approximate surface area is 139 Å². The summed E-state index contributed by atoms with van der Waals surface area (Å²) in [6.45, 7) is 0.568. The molecule has 0 saturated heterocycles. The molecule has 2 nitrogen and oxygen atoms in total. The Bertz CT molecular complexity index is 636. The number of nitrogens with one attached hydrogen (secondary N) is 1. The van der Waals surface area contributed by atoms with E-state index in [2.05, 4.69) is 5.32 Å². The molecule has 116 valence electrons. The lowest BCUT2D eigenvalue weighted by Gasteiger charge is -2.06. The molecule has 0 aliphatic rings. The van der Waals surface area contributed by atoms with Crippen molar-refractivity contribution in [3.63, 3.8) is 0 Å². The van der Waals surface area contributed by atoms with Crippen LogP contribution in [0.2, 0.25) is 5.02 Å². The van der Waals surface area contributed by atoms with Gasteiger partial charge >= 0.3 is 0 Å². The molecule has 0 heterocycles. The molecular formula is C17H17ClFNOS. The molecule has 5 heteroatoms. The van der Waals surface area contributed by atoms with E-state index in [-0.39, 0.29) is 18.1 Å². The minimum absolute atomic E-state index is 0.0750. The van der Waals surface area contributed by atoms with E-state index in [0.29, 0.717) is 12.1 Å². The minimum Gasteiger partial charge on any atom is -0.355 e. The van der Waals surface area contributed by atoms with Crippen LogP contribution in [0.5, 0.6) is 0 Å². The SMILES string of the molecule is O=C(Cc1ccccc1F)NCCSCc1cccc(Cl)c1. The quantitative estimate of drug-likeness (QED) is 0.772. The van der Waals surface area contributed by atoms with E-state index in [1.54, 1.807) is 30.0 Å². The Morgan fingerprint density at radius 2 is 2.00 bits per heavy atom. The van der Waals surface area contributed by atoms with Crippen LogP contribution in [-0.2, 0) is 17.0 Å². The Hall–Kier alpha value is -1.52. The minimum atomic E-state index is -0.340. The highest BCUT2D eigenvalue weighted by atomic mass is 35.5. The number of carbonyl (C=O) groups is 1. The van der Waals surface area contributed by atoms with Gasteiger partial charge in [-0.2, -0.15) is 11.8 Å². The fraction of sp³-hybridized carbons (Fsp3) is 0.235. The van der Waals surface area contributed by atoms with E-state index in [1.165, 1.54) is 6.07 Å². The van der Waals surface area contributed by atoms with Gasteiger partial charge in [0, 0.05) is 23.1 Å². The molecule has 0 saturated carbocycles. The summed E-state index contributed by atoms with van der Waals surface area (Å²) in [4.78, 5) is 11.7. The molecule has 0 aliphatic carbocycles. The average molecular weight is 338 g/mol. The first-order valence-corrected chi connectivity index (χ1v) is 8.51. The number of hydrogen-bond donors (Lipinski definition) is 1. The van der Waals surface area contributed by atoms with Gasteiger partial charge in [-0.1, -0.05) is 41.9 Å². The molecular weight excluding hydrogens is 321 g/mol. The third-order valence-corrected chi connectivity index (χ3v) is 4.30. The van der Waals surface area contributed by atoms with Crippen molar-refractivity contribution in [2.45, 2.75) is 12.2 Å². The van der Waals surface area contributed by atoms with Crippen molar-refractivity contribution in [2.75, 3.05) is 12.3 Å². The Morgan fingerprint density at radius 1 is 1.18 bits per heavy atom. The van der Waals surface area contributed by atoms with Gasteiger partial charge in [0.25, 0.3) is 0 Å². The van der Waals surface area contributed by atoms with Crippen molar-refractivity contribution in [1.82, 2.24) is 5.32 Å². The largest absolute Gasteiger partial charge is 0.355 e. The van der Waals surface area contributed by atoms with Crippen LogP contribution in [0.1, 0.15) is 11.1 Å². The molecule has 0 bridgehead atoms. The van der Waals surface area contributed by atoms with Gasteiger partial charge in [0.05, 0.1) is 6.42 Å². The van der Waals surface area contributed by atoms with Crippen LogP contribution >= 0.6 is 23.4 Å². The number of hydrogen-bond acceptors (Lipinski definition) is 2. The van der Waals surface area contributed by atoms with Crippen LogP contribution in [0.4, 0.5) is 4.39 Å². The van der Waals surface area contributed by atoms with E-state index in [0.717, 1.165) is 22.1 Å². The molecule has 0 aromatic heterocycles. The predicted molar refractivity (Wildman–Crippen MR) is 90.7 cm³/mol. The zero-order valence-corrected chi connectivity index (χ0v) is 13.6. The molecule has 0 aliphatic heterocycles. The van der Waals surface area contributed by atoms with Crippen LogP contribution in [0.15, 0.2) is 48.5 Å². The molecule has 22 heavy (non-hydrogen) atoms. The van der Waals surface area contributed by atoms with Gasteiger partial charge in [0.15, 0.2) is 0 Å². The number of carbonyl (C=O) groups excluding carboxylic acids is 1. The van der Waals surface area contributed by atoms with Crippen molar-refractivity contribution in [2.24, 2.45) is 0 Å². The smallest absolute Gasteiger partial charge is 0.224 e. The normalized spacial score (nSPS) is 10.5. The van der Waals surface area contributed by atoms with Gasteiger partial charge in [0.2, 0.25) is 5.91 Å². The molecule has 0 atom stereocenters. The molecule has 0 unspecified atom stereocenters. The summed E-state index contributed by atoms with van der Waals surface area (Å²) in [5, 5.41) is 3.54. The molecule has 0 spiro atoms. The van der Waals surface area contributed by atoms with Crippen molar-refractivity contribution < 1.29 is 9.18 Å². The number of amides is 1. The Balaban J connectivity index is 1.64. The lowest BCUT2D eigenvalue weighted by Crippen LogP contribution is -2.27. The van der Waals surface area contributed by atoms with Gasteiger partial charge in [0.1, 0.15) is 5.82 Å². The second-order valence-electron chi connectivity index (χ2n) is 4.80. The maximum atomic E-state index is 13.4. The summed E-state index contributed by atoms with van der Waals surface area (Å²) in [7, 11) is 0. The van der Waals surface area contributed by atoms with E-state index in [1.807, 2.05) is 24.3 Å². The van der Waals surface area contributed by atoms with Crippen LogP contribution in [-0.4, -0.2) is 18.2 Å². The summed E-state index contributed by atoms with van der Waals surface area (Å²) in [6.07, 6.45) is 0.0750. The molecule has 0 radical (unpaired) electrons. The van der Waals surface area contributed by atoms with Gasteiger partial charge in [-0.25, -0.2) is 4.39 Å². The van der Waals surface area contributed by atoms with E-state index >= 15 is 0 Å². The summed E-state index contributed by atoms with van der Waals surface area (Å²) in [6, 6.07) is 14.1. The second kappa shape index (κ2) is 8.81. The first-order valence-electron chi connectivity index (χ1n) is 6.97. The van der Waals surface area contributed by atoms with E-state index in [4.69, 9.17) is 11.6 Å². The van der Waals surface area contributed by atoms with Gasteiger partial charge < -0.3 is 5.32 Å². The first kappa shape index (κ1) is 16.8. The van der Waals surface area contributed by atoms with E-state index in [9.17, 15) is 9.18 Å². The molecule has 2 aromatic carbocycles. The van der Waals surface area contributed by atoms with Crippen LogP contribution in [0.25, 0.3) is 0 Å². The second-order valence-corrected chi connectivity index (χ2v) is 6.34. The summed E-state index contributed by atoms with van der Waals surface area (Å²) in [5.41, 5.74) is 1.58. The molecule has 2 aromatic rings. The summed E-state index contributed by atoms with van der Waals surface area (Å²) >= 11 is 7.64. The van der Waals surface area contributed by atoms with Gasteiger partial charge in [-0.3, -0.25) is 4.79 Å². The van der Waals surface area contributed by atoms with Crippen LogP contribution in [0.3, 0.4) is 0 Å². The lowest BCUT2D eigenvalue weighted by atomic mass is 10.1. The standard InChI is InChI=1S/C17H17ClFNOS/c18-15-6-3-4-13(10-15)12-22-9-8-20-17(21)11-14-5-1-2-7-16(14)19/h1-7,10H,8-9,11-12H2,(H,20,21). The van der Waals surface area contributed by atoms with Gasteiger partial charge in [-0.15, -0.1) is 0 Å². The van der Waals surface area contributed by atoms with Crippen LogP contribution in [0, 0.1) is 5.82 Å². The highest BCUT2D eigenvalue weighted by Gasteiger charge is 2.06. The number of thioether (sulfide) groups is 1. The van der Waals surface area contributed by atoms with Crippen molar-refractivity contribution in [3.05, 3.63) is 70.5 Å². The first-order chi connectivity index (χ1) is 10.6. The van der Waals surface area contributed by atoms with Crippen molar-refractivity contribution in [1.29, 1.82) is 0 Å². The molecule has 1 amide bonds. The predicted octanol–water partition coefficient (Wildman–Crippen LogP) is 4.07. The monoisotopic (exact) mass is 337 g/mol. The van der Waals surface area contributed by atoms with Crippen molar-refractivity contribution >= 4 is 29.3 Å². The molecule has 1 N–H and O–H groups in total. The third kappa shape index (κ3) is 5.70. The Kier molecular flexibility index (Phi) is 6.74. The highest BCUT2D eigenvalue weighted by Crippen LogP contribution is 2.16. The summed E-state index contributed by atoms with van der Waals surface area (Å²) < 4.78 is 13.4. The zero-order valence-electron chi connectivity index (χ0n) is 12.0. The molecule has 0 fully saturated rings. The summed E-state index contributed by atoms with van der Waals surface area (Å²) in [5.74, 6) is 1.15. The lowest BCUT2D eigenvalue weighted by molar-refractivity contribution is -0.120. The fourth-order valence-electron chi connectivity index (χ4n) is 1.96. The topological polar surface area (TPSA) is 29.1 Å². The zero-order chi connectivity index (χ0) is 15.8. The van der Waals surface area contributed by atoms with Crippen molar-refractivity contribution in [3.8, 4) is 0 Å². The third-order valence-electron chi connectivity index (χ3n) is 3.04. The maximum absolute atomic E-state index is 13.4. The number of benzene rings is 2. The van der Waals surface area contributed by atoms with Gasteiger partial charge in [-0.05, 0) is 29.3 Å². The number of rotatable bonds is 7.